The number of nitrogens with two attached hydrogens (primary N) is 1. The van der Waals surface area contributed by atoms with Crippen molar-refractivity contribution in [3.05, 3.63) is 23.5 Å². The summed E-state index contributed by atoms with van der Waals surface area (Å²) in [5.74, 6) is -0.00457. The lowest BCUT2D eigenvalue weighted by atomic mass is 9.77. The number of aliphatic hydroxyl groups excluding tert-OH is 1. The van der Waals surface area contributed by atoms with E-state index in [1.807, 2.05) is 14.1 Å². The van der Waals surface area contributed by atoms with Crippen molar-refractivity contribution in [2.45, 2.75) is 18.9 Å². The zero-order valence-electron chi connectivity index (χ0n) is 14.3. The van der Waals surface area contributed by atoms with Gasteiger partial charge < -0.3 is 29.8 Å². The maximum atomic E-state index is 13.9. The summed E-state index contributed by atoms with van der Waals surface area (Å²) in [6.45, 7) is 1.98. The number of hydrogen-bond acceptors (Lipinski definition) is 6. The molecule has 0 saturated heterocycles. The average Bonchev–Trinajstić information content (AvgIpc) is 2.89. The first-order chi connectivity index (χ1) is 11.6. The molecular formula is C16H26BFN2O4. The fraction of sp³-hybridized carbons (Fsp3) is 0.625. The Bertz CT molecular complexity index is 533. The largest absolute Gasteiger partial charge is 0.498 e. The summed E-state index contributed by atoms with van der Waals surface area (Å²) in [4.78, 5) is 2.08. The van der Waals surface area contributed by atoms with Crippen LogP contribution in [-0.4, -0.2) is 64.1 Å². The normalized spacial score (nSPS) is 16.8. The quantitative estimate of drug-likeness (QED) is 0.471. The molecular weight excluding hydrogens is 314 g/mol. The highest BCUT2D eigenvalue weighted by Crippen LogP contribution is 2.29. The lowest BCUT2D eigenvalue weighted by Gasteiger charge is -2.14. The molecule has 0 bridgehead atoms. The highest BCUT2D eigenvalue weighted by Gasteiger charge is 2.40. The number of aliphatic hydroxyl groups is 1. The van der Waals surface area contributed by atoms with Crippen molar-refractivity contribution in [3.8, 4) is 5.75 Å². The molecule has 1 aromatic carbocycles. The Morgan fingerprint density at radius 1 is 1.33 bits per heavy atom. The zero-order chi connectivity index (χ0) is 17.5. The van der Waals surface area contributed by atoms with Gasteiger partial charge in [-0.1, -0.05) is 0 Å². The second-order valence-corrected chi connectivity index (χ2v) is 6.05. The molecule has 8 heteroatoms. The van der Waals surface area contributed by atoms with Gasteiger partial charge in [-0.25, -0.2) is 4.39 Å². The second kappa shape index (κ2) is 9.34. The van der Waals surface area contributed by atoms with Crippen molar-refractivity contribution in [1.29, 1.82) is 0 Å². The zero-order valence-corrected chi connectivity index (χ0v) is 14.3. The maximum Gasteiger partial charge on any atom is 0.498 e. The van der Waals surface area contributed by atoms with E-state index in [0.717, 1.165) is 13.0 Å². The number of halogens is 1. The SMILES string of the molecule is CN(C)CCCOB1O[C@H](CN)c2cc(F)cc(OCCCO)c21. The summed E-state index contributed by atoms with van der Waals surface area (Å²) >= 11 is 0. The van der Waals surface area contributed by atoms with E-state index in [1.165, 1.54) is 12.1 Å². The Morgan fingerprint density at radius 2 is 2.12 bits per heavy atom. The van der Waals surface area contributed by atoms with Crippen molar-refractivity contribution >= 4 is 12.6 Å². The molecule has 134 valence electrons. The van der Waals surface area contributed by atoms with Crippen LogP contribution in [0.1, 0.15) is 24.5 Å². The van der Waals surface area contributed by atoms with E-state index >= 15 is 0 Å². The number of nitrogens with zero attached hydrogens (tertiary/aromatic N) is 1. The minimum atomic E-state index is -0.611. The monoisotopic (exact) mass is 340 g/mol. The highest BCUT2D eigenvalue weighted by molar-refractivity contribution is 6.64. The molecule has 24 heavy (non-hydrogen) atoms. The fourth-order valence-corrected chi connectivity index (χ4v) is 2.66. The summed E-state index contributed by atoms with van der Waals surface area (Å²) in [5.41, 5.74) is 7.12. The van der Waals surface area contributed by atoms with Gasteiger partial charge >= 0.3 is 7.12 Å². The van der Waals surface area contributed by atoms with Crippen LogP contribution in [0.15, 0.2) is 12.1 Å². The van der Waals surface area contributed by atoms with Gasteiger partial charge in [0.15, 0.2) is 0 Å². The van der Waals surface area contributed by atoms with Gasteiger partial charge in [0.2, 0.25) is 0 Å². The van der Waals surface area contributed by atoms with Crippen LogP contribution in [0.2, 0.25) is 0 Å². The topological polar surface area (TPSA) is 77.2 Å². The molecule has 0 aromatic heterocycles. The predicted molar refractivity (Wildman–Crippen MR) is 91.0 cm³/mol. The van der Waals surface area contributed by atoms with Gasteiger partial charge in [0.1, 0.15) is 11.6 Å². The molecule has 1 aromatic rings. The van der Waals surface area contributed by atoms with Crippen LogP contribution in [0.4, 0.5) is 4.39 Å². The summed E-state index contributed by atoms with van der Waals surface area (Å²) in [7, 11) is 3.39. The van der Waals surface area contributed by atoms with Crippen molar-refractivity contribution in [2.75, 3.05) is 47.0 Å². The molecule has 3 N–H and O–H groups in total. The van der Waals surface area contributed by atoms with E-state index in [2.05, 4.69) is 4.90 Å². The molecule has 2 rings (SSSR count). The minimum Gasteiger partial charge on any atom is -0.494 e. The van der Waals surface area contributed by atoms with Gasteiger partial charge in [-0.05, 0) is 38.7 Å². The maximum absolute atomic E-state index is 13.9. The van der Waals surface area contributed by atoms with Crippen LogP contribution in [0.25, 0.3) is 0 Å². The van der Waals surface area contributed by atoms with E-state index in [-0.39, 0.29) is 13.2 Å². The van der Waals surface area contributed by atoms with Crippen LogP contribution < -0.4 is 15.9 Å². The molecule has 0 spiro atoms. The molecule has 1 aliphatic heterocycles. The summed E-state index contributed by atoms with van der Waals surface area (Å²) < 4.78 is 31.2. The number of hydrogen-bond donors (Lipinski definition) is 2. The van der Waals surface area contributed by atoms with Gasteiger partial charge in [-0.3, -0.25) is 0 Å². The molecule has 0 amide bonds. The first kappa shape index (κ1) is 19.1. The van der Waals surface area contributed by atoms with Gasteiger partial charge in [-0.2, -0.15) is 0 Å². The van der Waals surface area contributed by atoms with E-state index in [9.17, 15) is 4.39 Å². The Labute approximate surface area is 142 Å². The van der Waals surface area contributed by atoms with Gasteiger partial charge in [0.05, 0.1) is 12.7 Å². The minimum absolute atomic E-state index is 0.0178. The van der Waals surface area contributed by atoms with Crippen LogP contribution >= 0.6 is 0 Å². The van der Waals surface area contributed by atoms with E-state index in [0.29, 0.717) is 36.4 Å². The third kappa shape index (κ3) is 4.91. The molecule has 0 radical (unpaired) electrons. The summed E-state index contributed by atoms with van der Waals surface area (Å²) in [6.07, 6.45) is 0.924. The third-order valence-corrected chi connectivity index (χ3v) is 3.80. The predicted octanol–water partition coefficient (Wildman–Crippen LogP) is 0.280. The third-order valence-electron chi connectivity index (χ3n) is 3.80. The number of fused-ring (bicyclic) bond motifs is 1. The Kier molecular flexibility index (Phi) is 7.45. The van der Waals surface area contributed by atoms with Crippen LogP contribution in [0.3, 0.4) is 0 Å². The summed E-state index contributed by atoms with van der Waals surface area (Å²) in [5, 5.41) is 8.89. The smallest absolute Gasteiger partial charge is 0.494 e. The first-order valence-corrected chi connectivity index (χ1v) is 8.25. The molecule has 0 saturated carbocycles. The molecule has 0 fully saturated rings. The average molecular weight is 340 g/mol. The lowest BCUT2D eigenvalue weighted by Crippen LogP contribution is -2.34. The fourth-order valence-electron chi connectivity index (χ4n) is 2.66. The molecule has 1 aliphatic rings. The Morgan fingerprint density at radius 3 is 2.79 bits per heavy atom. The van der Waals surface area contributed by atoms with Crippen LogP contribution in [0, 0.1) is 5.82 Å². The van der Waals surface area contributed by atoms with Gasteiger partial charge in [-0.15, -0.1) is 0 Å². The molecule has 0 unspecified atom stereocenters. The van der Waals surface area contributed by atoms with Crippen molar-refractivity contribution < 1.29 is 23.5 Å². The highest BCUT2D eigenvalue weighted by atomic mass is 19.1. The standard InChI is InChI=1S/C16H26BFN2O4/c1-20(2)5-3-8-23-17-16-13(15(11-19)24-17)9-12(18)10-14(16)22-7-4-6-21/h9-10,15,21H,3-8,11,19H2,1-2H3/t15-/m1/s1. The van der Waals surface area contributed by atoms with Crippen LogP contribution in [-0.2, 0) is 9.31 Å². The summed E-state index contributed by atoms with van der Waals surface area (Å²) in [6, 6.07) is 2.75. The second-order valence-electron chi connectivity index (χ2n) is 6.05. The molecule has 0 aliphatic carbocycles. The van der Waals surface area contributed by atoms with Crippen molar-refractivity contribution in [3.63, 3.8) is 0 Å². The first-order valence-electron chi connectivity index (χ1n) is 8.25. The van der Waals surface area contributed by atoms with Crippen molar-refractivity contribution in [1.82, 2.24) is 4.90 Å². The number of ether oxygens (including phenoxy) is 1. The lowest BCUT2D eigenvalue weighted by molar-refractivity contribution is 0.159. The van der Waals surface area contributed by atoms with E-state index < -0.39 is 19.0 Å². The number of benzene rings is 1. The van der Waals surface area contributed by atoms with Gasteiger partial charge in [0, 0.05) is 37.7 Å². The molecule has 6 nitrogen and oxygen atoms in total. The number of rotatable bonds is 10. The molecule has 1 heterocycles. The van der Waals surface area contributed by atoms with Crippen LogP contribution in [0.5, 0.6) is 5.75 Å². The van der Waals surface area contributed by atoms with E-state index in [1.54, 1.807) is 0 Å². The Balaban J connectivity index is 2.13. The molecule has 1 atom stereocenters. The Hall–Kier alpha value is -1.19. The van der Waals surface area contributed by atoms with E-state index in [4.69, 9.17) is 24.9 Å². The van der Waals surface area contributed by atoms with Crippen molar-refractivity contribution in [2.24, 2.45) is 5.73 Å². The van der Waals surface area contributed by atoms with Gasteiger partial charge in [0.25, 0.3) is 0 Å².